The third-order valence-electron chi connectivity index (χ3n) is 8.92. The number of esters is 1. The van der Waals surface area contributed by atoms with Gasteiger partial charge in [-0.2, -0.15) is 0 Å². The first-order valence-electron chi connectivity index (χ1n) is 21.0. The first kappa shape index (κ1) is 51.2. The average molecular weight is 772 g/mol. The van der Waals surface area contributed by atoms with E-state index >= 15 is 0 Å². The monoisotopic (exact) mass is 772 g/mol. The van der Waals surface area contributed by atoms with E-state index in [-0.39, 0.29) is 13.0 Å². The number of carbonyl (C=O) groups is 2. The molecular formula is C42H78NO9P. The van der Waals surface area contributed by atoms with Crippen LogP contribution in [-0.2, 0) is 32.7 Å². The van der Waals surface area contributed by atoms with Gasteiger partial charge in [0.2, 0.25) is 0 Å². The summed E-state index contributed by atoms with van der Waals surface area (Å²) in [5.74, 6) is -1.80. The van der Waals surface area contributed by atoms with Crippen LogP contribution in [0.25, 0.3) is 0 Å². The maximum atomic E-state index is 12.6. The van der Waals surface area contributed by atoms with E-state index in [4.69, 9.17) is 29.4 Å². The average Bonchev–Trinajstić information content (AvgIpc) is 3.13. The summed E-state index contributed by atoms with van der Waals surface area (Å²) in [6.07, 6.45) is 41.9. The van der Waals surface area contributed by atoms with Gasteiger partial charge in [-0.3, -0.25) is 18.6 Å². The van der Waals surface area contributed by atoms with Gasteiger partial charge in [-0.25, -0.2) is 4.57 Å². The Hall–Kier alpha value is -1.81. The molecule has 0 heterocycles. The van der Waals surface area contributed by atoms with Crippen molar-refractivity contribution in [3.8, 4) is 0 Å². The second kappa shape index (κ2) is 38.5. The highest BCUT2D eigenvalue weighted by molar-refractivity contribution is 7.47. The number of phosphoric acid groups is 1. The van der Waals surface area contributed by atoms with Crippen LogP contribution in [-0.4, -0.2) is 60.5 Å². The highest BCUT2D eigenvalue weighted by Crippen LogP contribution is 2.43. The molecule has 0 spiro atoms. The number of hydrogen-bond donors (Lipinski definition) is 3. The lowest BCUT2D eigenvalue weighted by Gasteiger charge is -2.20. The normalized spacial score (nSPS) is 14.3. The van der Waals surface area contributed by atoms with Gasteiger partial charge in [-0.05, 0) is 51.4 Å². The van der Waals surface area contributed by atoms with E-state index in [9.17, 15) is 19.0 Å². The SMILES string of the molecule is CCCCC/C=C\C/C=C\C/C=C\CCCCCCC(=O)O[C@H](COCCCCCCCCCCCCCCCC)COP(=O)(O)OC[C@H](N)C(=O)O. The highest BCUT2D eigenvalue weighted by Gasteiger charge is 2.27. The summed E-state index contributed by atoms with van der Waals surface area (Å²) < 4.78 is 33.3. The maximum Gasteiger partial charge on any atom is 0.472 e. The molecule has 0 aliphatic carbocycles. The van der Waals surface area contributed by atoms with Crippen molar-refractivity contribution in [2.75, 3.05) is 26.4 Å². The fourth-order valence-electron chi connectivity index (χ4n) is 5.61. The Morgan fingerprint density at radius 2 is 1.04 bits per heavy atom. The number of nitrogens with two attached hydrogens (primary N) is 1. The van der Waals surface area contributed by atoms with Crippen LogP contribution in [0.15, 0.2) is 36.5 Å². The van der Waals surface area contributed by atoms with Gasteiger partial charge in [-0.1, -0.05) is 159 Å². The van der Waals surface area contributed by atoms with Crippen LogP contribution in [0.1, 0.15) is 181 Å². The Bertz CT molecular complexity index is 988. The minimum Gasteiger partial charge on any atom is -0.480 e. The molecule has 53 heavy (non-hydrogen) atoms. The fourth-order valence-corrected chi connectivity index (χ4v) is 6.39. The minimum absolute atomic E-state index is 0.0100. The molecule has 0 saturated carbocycles. The van der Waals surface area contributed by atoms with Crippen molar-refractivity contribution < 1.29 is 42.7 Å². The number of aliphatic carboxylic acids is 1. The van der Waals surface area contributed by atoms with E-state index in [0.29, 0.717) is 13.0 Å². The summed E-state index contributed by atoms with van der Waals surface area (Å²) in [5, 5.41) is 8.88. The van der Waals surface area contributed by atoms with Gasteiger partial charge in [0.1, 0.15) is 12.1 Å². The molecule has 1 unspecified atom stereocenters. The van der Waals surface area contributed by atoms with E-state index < -0.39 is 45.1 Å². The zero-order valence-electron chi connectivity index (χ0n) is 33.6. The van der Waals surface area contributed by atoms with E-state index in [1.54, 1.807) is 0 Å². The molecule has 0 aliphatic rings. The van der Waals surface area contributed by atoms with Crippen LogP contribution < -0.4 is 5.73 Å². The highest BCUT2D eigenvalue weighted by atomic mass is 31.2. The predicted octanol–water partition coefficient (Wildman–Crippen LogP) is 11.3. The molecule has 0 aromatic rings. The number of rotatable bonds is 40. The number of carboxylic acid groups (broad SMARTS) is 1. The van der Waals surface area contributed by atoms with Gasteiger partial charge >= 0.3 is 19.8 Å². The number of phosphoric ester groups is 1. The van der Waals surface area contributed by atoms with Crippen molar-refractivity contribution in [1.29, 1.82) is 0 Å². The molecule has 0 fully saturated rings. The third-order valence-corrected chi connectivity index (χ3v) is 9.87. The lowest BCUT2D eigenvalue weighted by Crippen LogP contribution is -2.34. The van der Waals surface area contributed by atoms with Crippen LogP contribution in [0, 0.1) is 0 Å². The van der Waals surface area contributed by atoms with Gasteiger partial charge < -0.3 is 25.2 Å². The number of unbranched alkanes of at least 4 members (excludes halogenated alkanes) is 20. The smallest absolute Gasteiger partial charge is 0.472 e. The third kappa shape index (κ3) is 38.3. The Morgan fingerprint density at radius 3 is 1.58 bits per heavy atom. The number of carbonyl (C=O) groups excluding carboxylic acids is 1. The summed E-state index contributed by atoms with van der Waals surface area (Å²) in [7, 11) is -4.62. The van der Waals surface area contributed by atoms with E-state index in [2.05, 4.69) is 50.3 Å². The molecule has 0 aromatic heterocycles. The molecule has 0 bridgehead atoms. The molecule has 0 saturated heterocycles. The summed E-state index contributed by atoms with van der Waals surface area (Å²) in [6, 6.07) is -1.48. The summed E-state index contributed by atoms with van der Waals surface area (Å²) in [4.78, 5) is 33.5. The lowest BCUT2D eigenvalue weighted by molar-refractivity contribution is -0.154. The van der Waals surface area contributed by atoms with Crippen LogP contribution >= 0.6 is 7.82 Å². The van der Waals surface area contributed by atoms with Gasteiger partial charge in [0, 0.05) is 13.0 Å². The molecule has 0 amide bonds. The van der Waals surface area contributed by atoms with Crippen molar-refractivity contribution in [3.05, 3.63) is 36.5 Å². The Balaban J connectivity index is 4.30. The molecular weight excluding hydrogens is 693 g/mol. The van der Waals surface area contributed by atoms with Crippen molar-refractivity contribution >= 4 is 19.8 Å². The molecule has 10 nitrogen and oxygen atoms in total. The van der Waals surface area contributed by atoms with Crippen molar-refractivity contribution in [3.63, 3.8) is 0 Å². The molecule has 0 aliphatic heterocycles. The number of allylic oxidation sites excluding steroid dienone is 6. The topological polar surface area (TPSA) is 155 Å². The van der Waals surface area contributed by atoms with Crippen LogP contribution in [0.5, 0.6) is 0 Å². The largest absolute Gasteiger partial charge is 0.480 e. The molecule has 3 atom stereocenters. The van der Waals surface area contributed by atoms with Crippen LogP contribution in [0.4, 0.5) is 0 Å². The second-order valence-electron chi connectivity index (χ2n) is 14.1. The molecule has 0 radical (unpaired) electrons. The Kier molecular flexibility index (Phi) is 37.2. The Morgan fingerprint density at radius 1 is 0.604 bits per heavy atom. The minimum atomic E-state index is -4.62. The zero-order chi connectivity index (χ0) is 39.1. The maximum absolute atomic E-state index is 12.6. The predicted molar refractivity (Wildman–Crippen MR) is 217 cm³/mol. The van der Waals surface area contributed by atoms with Crippen LogP contribution in [0.2, 0.25) is 0 Å². The fraction of sp³-hybridized carbons (Fsp3) is 0.810. The van der Waals surface area contributed by atoms with Crippen LogP contribution in [0.3, 0.4) is 0 Å². The molecule has 310 valence electrons. The molecule has 0 aromatic carbocycles. The number of hydrogen-bond acceptors (Lipinski definition) is 8. The van der Waals surface area contributed by atoms with Crippen molar-refractivity contribution in [2.45, 2.75) is 193 Å². The zero-order valence-corrected chi connectivity index (χ0v) is 34.5. The molecule has 4 N–H and O–H groups in total. The quantitative estimate of drug-likeness (QED) is 0.0237. The second-order valence-corrected chi connectivity index (χ2v) is 15.6. The standard InChI is InChI=1S/C42H78NO9P/c1-3-5-7-9-11-13-15-17-19-20-21-22-24-26-28-30-32-34-41(44)52-39(37-50-53(47,48)51-38-40(43)42(45)46)36-49-35-33-31-29-27-25-23-18-16-14-12-10-8-6-4-2/h11,13,17,19,21-22,39-40H,3-10,12,14-16,18,20,23-38,43H2,1-2H3,(H,45,46)(H,47,48)/b13-11-,19-17-,22-21-/t39-,40+/m1/s1. The van der Waals surface area contributed by atoms with E-state index in [0.717, 1.165) is 57.8 Å². The first-order chi connectivity index (χ1) is 25.7. The van der Waals surface area contributed by atoms with Gasteiger partial charge in [0.05, 0.1) is 19.8 Å². The van der Waals surface area contributed by atoms with Crippen molar-refractivity contribution in [2.24, 2.45) is 5.73 Å². The Labute approximate surface area is 323 Å². The summed E-state index contributed by atoms with van der Waals surface area (Å²) >= 11 is 0. The first-order valence-corrected chi connectivity index (χ1v) is 22.5. The van der Waals surface area contributed by atoms with Gasteiger partial charge in [0.25, 0.3) is 0 Å². The lowest BCUT2D eigenvalue weighted by atomic mass is 10.0. The van der Waals surface area contributed by atoms with Crippen molar-refractivity contribution in [1.82, 2.24) is 0 Å². The molecule has 11 heteroatoms. The van der Waals surface area contributed by atoms with Gasteiger partial charge in [0.15, 0.2) is 0 Å². The van der Waals surface area contributed by atoms with Gasteiger partial charge in [-0.15, -0.1) is 0 Å². The molecule has 0 rings (SSSR count). The van der Waals surface area contributed by atoms with E-state index in [1.807, 2.05) is 0 Å². The van der Waals surface area contributed by atoms with E-state index in [1.165, 1.54) is 96.3 Å². The number of carboxylic acids is 1. The summed E-state index contributed by atoms with van der Waals surface area (Å²) in [6.45, 7) is 3.83. The summed E-state index contributed by atoms with van der Waals surface area (Å²) in [5.41, 5.74) is 5.35. The number of ether oxygens (including phenoxy) is 2.